The van der Waals surface area contributed by atoms with E-state index in [0.717, 1.165) is 50.0 Å². The molecule has 2 aliphatic rings. The molecule has 0 bridgehead atoms. The van der Waals surface area contributed by atoms with Crippen molar-refractivity contribution in [2.75, 3.05) is 38.6 Å². The first-order chi connectivity index (χ1) is 20.0. The first kappa shape index (κ1) is 27.9. The second kappa shape index (κ2) is 13.1. The molecule has 3 N–H and O–H groups in total. The molecule has 0 spiro atoms. The number of nitrogens with zero attached hydrogens (tertiary/aromatic N) is 4. The summed E-state index contributed by atoms with van der Waals surface area (Å²) in [5.74, 6) is 0.188. The van der Waals surface area contributed by atoms with Crippen molar-refractivity contribution < 1.29 is 19.1 Å². The Morgan fingerprint density at radius 2 is 1.83 bits per heavy atom. The molecule has 1 atom stereocenters. The number of anilines is 1. The topological polar surface area (TPSA) is 132 Å². The molecule has 1 unspecified atom stereocenters. The number of guanidine groups is 1. The second-order valence-corrected chi connectivity index (χ2v) is 10.2. The number of H-pyrrole nitrogens is 1. The van der Waals surface area contributed by atoms with Crippen LogP contribution < -0.4 is 15.4 Å². The van der Waals surface area contributed by atoms with E-state index in [4.69, 9.17) is 9.73 Å². The molecule has 3 heterocycles. The number of ether oxygens (including phenoxy) is 1. The maximum atomic E-state index is 13.6. The average Bonchev–Trinajstić information content (AvgIpc) is 3.71. The number of amides is 3. The number of hydrogen-bond donors (Lipinski definition) is 3. The summed E-state index contributed by atoms with van der Waals surface area (Å²) >= 11 is 0. The SMILES string of the molecule is COc1ccc(NC(=NC2CCCCN(CC(=O)N3CCCC3)C2=O)NC(=O)c2ccccc2)cc1-c1ccn[nH]1. The van der Waals surface area contributed by atoms with Crippen LogP contribution in [-0.2, 0) is 9.59 Å². The molecule has 0 saturated carbocycles. The normalized spacial score (nSPS) is 17.7. The highest BCUT2D eigenvalue weighted by Crippen LogP contribution is 2.31. The molecule has 41 heavy (non-hydrogen) atoms. The molecule has 3 aromatic rings. The molecule has 214 valence electrons. The highest BCUT2D eigenvalue weighted by atomic mass is 16.5. The molecule has 2 aliphatic heterocycles. The van der Waals surface area contributed by atoms with E-state index >= 15 is 0 Å². The van der Waals surface area contributed by atoms with E-state index in [1.807, 2.05) is 23.1 Å². The number of likely N-dealkylation sites (tertiary alicyclic amines) is 2. The van der Waals surface area contributed by atoms with Gasteiger partial charge < -0.3 is 19.9 Å². The predicted molar refractivity (Wildman–Crippen MR) is 156 cm³/mol. The molecule has 0 radical (unpaired) electrons. The minimum atomic E-state index is -0.743. The lowest BCUT2D eigenvalue weighted by Crippen LogP contribution is -2.45. The molecule has 11 nitrogen and oxygen atoms in total. The Bertz CT molecular complexity index is 1390. The molecule has 3 amide bonds. The fourth-order valence-corrected chi connectivity index (χ4v) is 5.15. The Morgan fingerprint density at radius 3 is 2.56 bits per heavy atom. The van der Waals surface area contributed by atoms with Gasteiger partial charge in [0.1, 0.15) is 11.8 Å². The van der Waals surface area contributed by atoms with Gasteiger partial charge in [-0.15, -0.1) is 0 Å². The zero-order chi connectivity index (χ0) is 28.6. The highest BCUT2D eigenvalue weighted by molar-refractivity contribution is 6.10. The number of carbonyl (C=O) groups excluding carboxylic acids is 3. The monoisotopic (exact) mass is 557 g/mol. The second-order valence-electron chi connectivity index (χ2n) is 10.2. The number of aromatic amines is 1. The summed E-state index contributed by atoms with van der Waals surface area (Å²) in [6.45, 7) is 2.04. The Balaban J connectivity index is 1.42. The van der Waals surface area contributed by atoms with Crippen molar-refractivity contribution in [3.8, 4) is 17.0 Å². The third-order valence-corrected chi connectivity index (χ3v) is 7.34. The van der Waals surface area contributed by atoms with Gasteiger partial charge in [0.15, 0.2) is 0 Å². The van der Waals surface area contributed by atoms with Crippen LogP contribution in [0.4, 0.5) is 5.69 Å². The average molecular weight is 558 g/mol. The summed E-state index contributed by atoms with van der Waals surface area (Å²) in [5.41, 5.74) is 2.61. The third-order valence-electron chi connectivity index (χ3n) is 7.34. The van der Waals surface area contributed by atoms with Gasteiger partial charge in [-0.2, -0.15) is 5.10 Å². The Kier molecular flexibility index (Phi) is 8.92. The standard InChI is InChI=1S/C30H35N7O4/c1-41-26-13-12-22(19-23(26)24-14-15-31-35-24)32-30(34-28(39)21-9-3-2-4-10-21)33-25-11-5-6-18-37(29(25)40)20-27(38)36-16-7-8-17-36/h2-4,9-10,12-15,19,25H,5-8,11,16-18,20H2,1H3,(H,31,35)(H2,32,33,34,39). The van der Waals surface area contributed by atoms with Gasteiger partial charge in [0.2, 0.25) is 17.8 Å². The largest absolute Gasteiger partial charge is 0.496 e. The fourth-order valence-electron chi connectivity index (χ4n) is 5.15. The summed E-state index contributed by atoms with van der Waals surface area (Å²) in [6.07, 6.45) is 5.73. The van der Waals surface area contributed by atoms with E-state index in [0.29, 0.717) is 30.0 Å². The number of nitrogens with one attached hydrogen (secondary N) is 3. The van der Waals surface area contributed by atoms with Crippen LogP contribution >= 0.6 is 0 Å². The maximum Gasteiger partial charge on any atom is 0.257 e. The molecule has 11 heteroatoms. The zero-order valence-corrected chi connectivity index (χ0v) is 23.1. The number of methoxy groups -OCH3 is 1. The van der Waals surface area contributed by atoms with Gasteiger partial charge in [0.25, 0.3) is 5.91 Å². The van der Waals surface area contributed by atoms with Crippen LogP contribution in [0.2, 0.25) is 0 Å². The van der Waals surface area contributed by atoms with Gasteiger partial charge in [-0.05, 0) is 68.5 Å². The van der Waals surface area contributed by atoms with Crippen LogP contribution in [0.1, 0.15) is 42.5 Å². The third kappa shape index (κ3) is 6.92. The van der Waals surface area contributed by atoms with Crippen LogP contribution in [0.15, 0.2) is 65.8 Å². The minimum Gasteiger partial charge on any atom is -0.496 e. The molecular weight excluding hydrogens is 522 g/mol. The van der Waals surface area contributed by atoms with Gasteiger partial charge >= 0.3 is 0 Å². The van der Waals surface area contributed by atoms with Crippen molar-refractivity contribution in [2.45, 2.75) is 38.1 Å². The van der Waals surface area contributed by atoms with Crippen molar-refractivity contribution in [2.24, 2.45) is 4.99 Å². The van der Waals surface area contributed by atoms with Crippen molar-refractivity contribution in [1.82, 2.24) is 25.3 Å². The van der Waals surface area contributed by atoms with Crippen molar-refractivity contribution in [3.63, 3.8) is 0 Å². The molecule has 0 aliphatic carbocycles. The quantitative estimate of drug-likeness (QED) is 0.302. The number of hydrogen-bond acceptors (Lipinski definition) is 6. The molecule has 1 aromatic heterocycles. The van der Waals surface area contributed by atoms with Crippen LogP contribution in [-0.4, -0.2) is 83.0 Å². The van der Waals surface area contributed by atoms with Crippen molar-refractivity contribution >= 4 is 29.4 Å². The van der Waals surface area contributed by atoms with Crippen molar-refractivity contribution in [1.29, 1.82) is 0 Å². The lowest BCUT2D eigenvalue weighted by Gasteiger charge is -2.25. The van der Waals surface area contributed by atoms with E-state index in [1.54, 1.807) is 54.6 Å². The Morgan fingerprint density at radius 1 is 1.05 bits per heavy atom. The molecule has 5 rings (SSSR count). The van der Waals surface area contributed by atoms with Crippen LogP contribution in [0.25, 0.3) is 11.3 Å². The minimum absolute atomic E-state index is 0.0271. The number of benzene rings is 2. The van der Waals surface area contributed by atoms with Gasteiger partial charge in [0.05, 0.1) is 19.3 Å². The van der Waals surface area contributed by atoms with Gasteiger partial charge in [-0.3, -0.25) is 24.8 Å². The summed E-state index contributed by atoms with van der Waals surface area (Å²) in [6, 6.07) is 15.4. The highest BCUT2D eigenvalue weighted by Gasteiger charge is 2.30. The predicted octanol–water partition coefficient (Wildman–Crippen LogP) is 3.29. The van der Waals surface area contributed by atoms with Gasteiger partial charge in [-0.1, -0.05) is 18.2 Å². The summed E-state index contributed by atoms with van der Waals surface area (Å²) < 4.78 is 5.52. The van der Waals surface area contributed by atoms with Gasteiger partial charge in [0, 0.05) is 42.6 Å². The first-order valence-electron chi connectivity index (χ1n) is 14.0. The van der Waals surface area contributed by atoms with Crippen LogP contribution in [0, 0.1) is 0 Å². The van der Waals surface area contributed by atoms with E-state index in [-0.39, 0.29) is 30.2 Å². The smallest absolute Gasteiger partial charge is 0.257 e. The fraction of sp³-hybridized carbons (Fsp3) is 0.367. The molecular formula is C30H35N7O4. The summed E-state index contributed by atoms with van der Waals surface area (Å²) in [4.78, 5) is 47.8. The van der Waals surface area contributed by atoms with Crippen LogP contribution in [0.3, 0.4) is 0 Å². The molecule has 2 aromatic carbocycles. The number of aliphatic imine (C=N–C) groups is 1. The molecule has 2 saturated heterocycles. The number of aromatic nitrogens is 2. The molecule has 2 fully saturated rings. The van der Waals surface area contributed by atoms with E-state index in [1.165, 1.54) is 0 Å². The van der Waals surface area contributed by atoms with Crippen LogP contribution in [0.5, 0.6) is 5.75 Å². The lowest BCUT2D eigenvalue weighted by molar-refractivity contribution is -0.140. The summed E-state index contributed by atoms with van der Waals surface area (Å²) in [5, 5.41) is 13.0. The Labute approximate surface area is 239 Å². The van der Waals surface area contributed by atoms with Crippen molar-refractivity contribution in [3.05, 3.63) is 66.4 Å². The maximum absolute atomic E-state index is 13.6. The van der Waals surface area contributed by atoms with E-state index < -0.39 is 6.04 Å². The van der Waals surface area contributed by atoms with Gasteiger partial charge in [-0.25, -0.2) is 4.99 Å². The first-order valence-corrected chi connectivity index (χ1v) is 14.0. The number of rotatable bonds is 7. The summed E-state index contributed by atoms with van der Waals surface area (Å²) in [7, 11) is 1.59. The number of carbonyl (C=O) groups is 3. The lowest BCUT2D eigenvalue weighted by atomic mass is 10.1. The Hall–Kier alpha value is -4.67. The zero-order valence-electron chi connectivity index (χ0n) is 23.1. The van der Waals surface area contributed by atoms with E-state index in [9.17, 15) is 14.4 Å². The van der Waals surface area contributed by atoms with E-state index in [2.05, 4.69) is 20.8 Å².